The molecular weight excluding hydrogens is 452 g/mol. The Balaban J connectivity index is 2.14. The van der Waals surface area contributed by atoms with E-state index in [0.717, 1.165) is 47.7 Å². The lowest BCUT2D eigenvalue weighted by Crippen LogP contribution is -2.22. The summed E-state index contributed by atoms with van der Waals surface area (Å²) >= 11 is 1.17. The largest absolute Gasteiger partial charge is 0.468 e. The number of amides is 1. The highest BCUT2D eigenvalue weighted by atomic mass is 32.1. The molecule has 0 atom stereocenters. The van der Waals surface area contributed by atoms with Crippen molar-refractivity contribution in [3.63, 3.8) is 0 Å². The summed E-state index contributed by atoms with van der Waals surface area (Å²) in [5.41, 5.74) is 0.274. The lowest BCUT2D eigenvalue weighted by atomic mass is 10.1. The van der Waals surface area contributed by atoms with Crippen LogP contribution in [0.3, 0.4) is 0 Å². The Kier molecular flexibility index (Phi) is 7.28. The molecule has 0 fully saturated rings. The van der Waals surface area contributed by atoms with Gasteiger partial charge in [0.25, 0.3) is 17.3 Å². The summed E-state index contributed by atoms with van der Waals surface area (Å²) in [4.78, 5) is 49.6. The molecular formula is C21H20N4O7S. The van der Waals surface area contributed by atoms with Crippen molar-refractivity contribution < 1.29 is 24.2 Å². The molecule has 1 amide bonds. The van der Waals surface area contributed by atoms with Crippen molar-refractivity contribution in [2.24, 2.45) is 4.99 Å². The van der Waals surface area contributed by atoms with E-state index in [2.05, 4.69) is 11.9 Å². The second-order valence-electron chi connectivity index (χ2n) is 7.12. The molecule has 3 rings (SSSR count). The summed E-state index contributed by atoms with van der Waals surface area (Å²) in [7, 11) is 1.24. The number of hydrogen-bond donors (Lipinski definition) is 0. The number of aryl methyl sites for hydroxylation is 1. The van der Waals surface area contributed by atoms with Crippen molar-refractivity contribution in [2.75, 3.05) is 7.11 Å². The molecule has 1 heterocycles. The fraction of sp³-hybridized carbons (Fsp3) is 0.286. The van der Waals surface area contributed by atoms with Crippen molar-refractivity contribution in [3.05, 3.63) is 72.6 Å². The summed E-state index contributed by atoms with van der Waals surface area (Å²) in [5.74, 6) is -1.46. The third-order valence-corrected chi connectivity index (χ3v) is 5.89. The number of carbonyl (C=O) groups is 2. The van der Waals surface area contributed by atoms with Crippen LogP contribution in [0.15, 0.2) is 41.4 Å². The maximum absolute atomic E-state index is 12.8. The third kappa shape index (κ3) is 5.47. The maximum atomic E-state index is 12.8. The number of nitro groups is 2. The van der Waals surface area contributed by atoms with E-state index in [1.165, 1.54) is 23.0 Å². The first kappa shape index (κ1) is 23.7. The smallest absolute Gasteiger partial charge is 0.325 e. The molecule has 0 radical (unpaired) electrons. The Morgan fingerprint density at radius 3 is 2.33 bits per heavy atom. The number of non-ortho nitro benzene ring substituents is 2. The van der Waals surface area contributed by atoms with Gasteiger partial charge in [0, 0.05) is 12.1 Å². The Morgan fingerprint density at radius 2 is 1.76 bits per heavy atom. The van der Waals surface area contributed by atoms with Gasteiger partial charge < -0.3 is 9.30 Å². The molecule has 3 aromatic rings. The SMILES string of the molecule is CCCCc1ccc2c(c1)sc(=NC(=O)c1cc([N+](=O)[O-])cc([N+](=O)[O-])c1)n2CC(=O)OC. The number of benzene rings is 2. The maximum Gasteiger partial charge on any atom is 0.325 e. The molecule has 172 valence electrons. The Morgan fingerprint density at radius 1 is 1.09 bits per heavy atom. The van der Waals surface area contributed by atoms with Crippen molar-refractivity contribution in [1.82, 2.24) is 4.57 Å². The molecule has 2 aromatic carbocycles. The van der Waals surface area contributed by atoms with Crippen LogP contribution in [-0.4, -0.2) is 33.4 Å². The van der Waals surface area contributed by atoms with Crippen LogP contribution in [0.2, 0.25) is 0 Å². The fourth-order valence-electron chi connectivity index (χ4n) is 3.17. The number of nitrogens with zero attached hydrogens (tertiary/aromatic N) is 4. The average molecular weight is 472 g/mol. The first-order valence-electron chi connectivity index (χ1n) is 9.95. The third-order valence-electron chi connectivity index (χ3n) is 4.85. The fourth-order valence-corrected chi connectivity index (χ4v) is 4.26. The summed E-state index contributed by atoms with van der Waals surface area (Å²) in [5, 5.41) is 22.3. The minimum Gasteiger partial charge on any atom is -0.468 e. The van der Waals surface area contributed by atoms with Crippen LogP contribution < -0.4 is 4.80 Å². The highest BCUT2D eigenvalue weighted by Crippen LogP contribution is 2.24. The summed E-state index contributed by atoms with van der Waals surface area (Å²) in [6.45, 7) is 1.89. The standard InChI is InChI=1S/C21H20N4O7S/c1-3-4-5-13-6-7-17-18(8-13)33-21(23(17)12-19(26)32-2)22-20(27)14-9-15(24(28)29)11-16(10-14)25(30)31/h6-11H,3-5,12H2,1-2H3. The number of hydrogen-bond acceptors (Lipinski definition) is 8. The van der Waals surface area contributed by atoms with Crippen molar-refractivity contribution in [3.8, 4) is 0 Å². The lowest BCUT2D eigenvalue weighted by Gasteiger charge is -2.05. The van der Waals surface area contributed by atoms with E-state index in [0.29, 0.717) is 5.52 Å². The monoisotopic (exact) mass is 472 g/mol. The topological polar surface area (TPSA) is 147 Å². The Bertz CT molecular complexity index is 1290. The quantitative estimate of drug-likeness (QED) is 0.275. The minimum absolute atomic E-state index is 0.169. The van der Waals surface area contributed by atoms with Gasteiger partial charge in [0.2, 0.25) is 0 Å². The molecule has 0 aliphatic carbocycles. The van der Waals surface area contributed by atoms with E-state index >= 15 is 0 Å². The molecule has 33 heavy (non-hydrogen) atoms. The first-order chi connectivity index (χ1) is 15.7. The molecule has 0 saturated heterocycles. The average Bonchev–Trinajstić information content (AvgIpc) is 3.12. The minimum atomic E-state index is -0.904. The molecule has 0 bridgehead atoms. The predicted octanol–water partition coefficient (Wildman–Crippen LogP) is 3.78. The summed E-state index contributed by atoms with van der Waals surface area (Å²) < 4.78 is 7.05. The van der Waals surface area contributed by atoms with Crippen LogP contribution in [0, 0.1) is 20.2 Å². The molecule has 0 unspecified atom stereocenters. The van der Waals surface area contributed by atoms with Crippen LogP contribution in [0.25, 0.3) is 10.2 Å². The number of aromatic nitrogens is 1. The number of esters is 1. The Hall–Kier alpha value is -3.93. The molecule has 1 aromatic heterocycles. The van der Waals surface area contributed by atoms with Gasteiger partial charge in [-0.1, -0.05) is 30.7 Å². The second-order valence-corrected chi connectivity index (χ2v) is 8.13. The first-order valence-corrected chi connectivity index (χ1v) is 10.8. The second kappa shape index (κ2) is 10.1. The highest BCUT2D eigenvalue weighted by Gasteiger charge is 2.20. The number of ether oxygens (including phenoxy) is 1. The normalized spacial score (nSPS) is 11.5. The molecule has 0 spiro atoms. The van der Waals surface area contributed by atoms with Crippen molar-refractivity contribution in [1.29, 1.82) is 0 Å². The Labute approximate surface area is 191 Å². The van der Waals surface area contributed by atoms with Crippen LogP contribution >= 0.6 is 11.3 Å². The number of rotatable bonds is 8. The predicted molar refractivity (Wildman–Crippen MR) is 120 cm³/mol. The molecule has 0 N–H and O–H groups in total. The number of thiazole rings is 1. The molecule has 0 saturated carbocycles. The van der Waals surface area contributed by atoms with Gasteiger partial charge in [0.15, 0.2) is 4.80 Å². The highest BCUT2D eigenvalue weighted by molar-refractivity contribution is 7.16. The van der Waals surface area contributed by atoms with Crippen LogP contribution in [0.1, 0.15) is 35.7 Å². The molecule has 0 aliphatic heterocycles. The number of nitro benzene ring substituents is 2. The zero-order valence-corrected chi connectivity index (χ0v) is 18.7. The van der Waals surface area contributed by atoms with Gasteiger partial charge >= 0.3 is 5.97 Å². The van der Waals surface area contributed by atoms with E-state index in [4.69, 9.17) is 4.74 Å². The van der Waals surface area contributed by atoms with Crippen LogP contribution in [0.5, 0.6) is 0 Å². The molecule has 12 heteroatoms. The number of carbonyl (C=O) groups excluding carboxylic acids is 2. The molecule has 0 aliphatic rings. The van der Waals surface area contributed by atoms with Gasteiger partial charge in [-0.25, -0.2) is 0 Å². The van der Waals surface area contributed by atoms with E-state index in [-0.39, 0.29) is 16.9 Å². The van der Waals surface area contributed by atoms with E-state index < -0.39 is 33.1 Å². The van der Waals surface area contributed by atoms with Gasteiger partial charge in [-0.05, 0) is 30.5 Å². The van der Waals surface area contributed by atoms with Gasteiger partial charge in [0.1, 0.15) is 6.54 Å². The zero-order chi connectivity index (χ0) is 24.1. The van der Waals surface area contributed by atoms with E-state index in [1.807, 2.05) is 18.2 Å². The van der Waals surface area contributed by atoms with Crippen LogP contribution in [-0.2, 0) is 22.5 Å². The van der Waals surface area contributed by atoms with Gasteiger partial charge in [-0.3, -0.25) is 29.8 Å². The van der Waals surface area contributed by atoms with Gasteiger partial charge in [-0.15, -0.1) is 0 Å². The summed E-state index contributed by atoms with van der Waals surface area (Å²) in [6.07, 6.45) is 2.93. The van der Waals surface area contributed by atoms with Crippen LogP contribution in [0.4, 0.5) is 11.4 Å². The van der Waals surface area contributed by atoms with E-state index in [9.17, 15) is 29.8 Å². The number of fused-ring (bicyclic) bond motifs is 1. The number of unbranched alkanes of at least 4 members (excludes halogenated alkanes) is 1. The number of methoxy groups -OCH3 is 1. The lowest BCUT2D eigenvalue weighted by molar-refractivity contribution is -0.394. The van der Waals surface area contributed by atoms with Crippen molar-refractivity contribution in [2.45, 2.75) is 32.7 Å². The van der Waals surface area contributed by atoms with Gasteiger partial charge in [-0.2, -0.15) is 4.99 Å². The molecule has 11 nitrogen and oxygen atoms in total. The zero-order valence-electron chi connectivity index (χ0n) is 17.8. The van der Waals surface area contributed by atoms with Crippen molar-refractivity contribution >= 4 is 44.8 Å². The van der Waals surface area contributed by atoms with E-state index in [1.54, 1.807) is 0 Å². The summed E-state index contributed by atoms with van der Waals surface area (Å²) in [6, 6.07) is 8.37. The van der Waals surface area contributed by atoms with Gasteiger partial charge in [0.05, 0.1) is 38.8 Å².